The Labute approximate surface area is 175 Å². The summed E-state index contributed by atoms with van der Waals surface area (Å²) in [5.74, 6) is 0. The van der Waals surface area contributed by atoms with Gasteiger partial charge >= 0.3 is 6.18 Å². The summed E-state index contributed by atoms with van der Waals surface area (Å²) in [6, 6.07) is 7.65. The van der Waals surface area contributed by atoms with E-state index in [-0.39, 0.29) is 42.4 Å². The molecule has 2 aromatic rings. The highest BCUT2D eigenvalue weighted by atomic mass is 32.2. The van der Waals surface area contributed by atoms with E-state index in [9.17, 15) is 31.7 Å². The van der Waals surface area contributed by atoms with Crippen LogP contribution < -0.4 is 5.43 Å². The standard InChI is InChI=1S/C18H17F3N4O5S/c19-18(20,21)14-3-1-2-13(10-14)12-22-23-16-5-4-15(11-17(16)25(26)27)31(28,29)24-6-8-30-9-7-24/h1-5,10-12,23H,6-9H2/b22-12-. The number of halogens is 3. The molecule has 1 heterocycles. The molecule has 1 N–H and O–H groups in total. The Hall–Kier alpha value is -3.03. The molecule has 1 aliphatic rings. The van der Waals surface area contributed by atoms with Gasteiger partial charge in [0.2, 0.25) is 10.0 Å². The number of nitro groups is 1. The first kappa shape index (κ1) is 22.7. The second-order valence-electron chi connectivity index (χ2n) is 6.45. The molecule has 0 spiro atoms. The second kappa shape index (κ2) is 8.99. The van der Waals surface area contributed by atoms with Crippen molar-refractivity contribution in [1.82, 2.24) is 4.31 Å². The molecule has 1 saturated heterocycles. The van der Waals surface area contributed by atoms with E-state index < -0.39 is 32.4 Å². The lowest BCUT2D eigenvalue weighted by atomic mass is 10.1. The van der Waals surface area contributed by atoms with Crippen LogP contribution in [0.4, 0.5) is 24.5 Å². The molecule has 0 amide bonds. The Balaban J connectivity index is 1.82. The molecule has 0 aromatic heterocycles. The number of ether oxygens (including phenoxy) is 1. The summed E-state index contributed by atoms with van der Waals surface area (Å²) < 4.78 is 70.0. The van der Waals surface area contributed by atoms with Crippen LogP contribution in [-0.4, -0.2) is 50.2 Å². The monoisotopic (exact) mass is 458 g/mol. The number of alkyl halides is 3. The quantitative estimate of drug-likeness (QED) is 0.404. The number of nitrogens with one attached hydrogen (secondary N) is 1. The summed E-state index contributed by atoms with van der Waals surface area (Å²) >= 11 is 0. The van der Waals surface area contributed by atoms with E-state index in [1.807, 2.05) is 0 Å². The minimum atomic E-state index is -4.52. The average molecular weight is 458 g/mol. The van der Waals surface area contributed by atoms with Gasteiger partial charge in [0.15, 0.2) is 0 Å². The number of morpholine rings is 1. The highest BCUT2D eigenvalue weighted by Gasteiger charge is 2.30. The van der Waals surface area contributed by atoms with Gasteiger partial charge in [-0.25, -0.2) is 8.42 Å². The maximum absolute atomic E-state index is 12.8. The maximum atomic E-state index is 12.8. The Morgan fingerprint density at radius 1 is 1.16 bits per heavy atom. The number of nitro benzene ring substituents is 1. The highest BCUT2D eigenvalue weighted by molar-refractivity contribution is 7.89. The first-order chi connectivity index (χ1) is 14.6. The molecule has 2 aromatic carbocycles. The number of anilines is 1. The van der Waals surface area contributed by atoms with E-state index in [1.54, 1.807) is 0 Å². The van der Waals surface area contributed by atoms with Gasteiger partial charge in [-0.15, -0.1) is 0 Å². The summed E-state index contributed by atoms with van der Waals surface area (Å²) in [5, 5.41) is 15.2. The van der Waals surface area contributed by atoms with E-state index in [2.05, 4.69) is 10.5 Å². The molecule has 0 unspecified atom stereocenters. The SMILES string of the molecule is O=[N+]([O-])c1cc(S(=O)(=O)N2CCOCC2)ccc1N/N=C\c1cccc(C(F)(F)F)c1. The number of nitrogens with zero attached hydrogens (tertiary/aromatic N) is 3. The molecule has 0 aliphatic carbocycles. The van der Waals surface area contributed by atoms with Crippen LogP contribution in [0.25, 0.3) is 0 Å². The van der Waals surface area contributed by atoms with Crippen LogP contribution in [0.2, 0.25) is 0 Å². The van der Waals surface area contributed by atoms with E-state index in [4.69, 9.17) is 4.74 Å². The minimum Gasteiger partial charge on any atom is -0.379 e. The summed E-state index contributed by atoms with van der Waals surface area (Å²) in [6.07, 6.45) is -3.45. The fraction of sp³-hybridized carbons (Fsp3) is 0.278. The van der Waals surface area contributed by atoms with Crippen LogP contribution >= 0.6 is 0 Å². The van der Waals surface area contributed by atoms with Gasteiger partial charge in [-0.1, -0.05) is 12.1 Å². The number of hydrogen-bond donors (Lipinski definition) is 1. The van der Waals surface area contributed by atoms with Gasteiger partial charge in [0.25, 0.3) is 5.69 Å². The Kier molecular flexibility index (Phi) is 6.57. The number of sulfonamides is 1. The molecule has 3 rings (SSSR count). The van der Waals surface area contributed by atoms with Crippen molar-refractivity contribution in [1.29, 1.82) is 0 Å². The molecule has 0 saturated carbocycles. The Morgan fingerprint density at radius 2 is 1.87 bits per heavy atom. The van der Waals surface area contributed by atoms with Crippen molar-refractivity contribution >= 4 is 27.6 Å². The van der Waals surface area contributed by atoms with E-state index in [0.717, 1.165) is 24.4 Å². The molecule has 166 valence electrons. The third kappa shape index (κ3) is 5.37. The van der Waals surface area contributed by atoms with Crippen molar-refractivity contribution in [3.8, 4) is 0 Å². The Morgan fingerprint density at radius 3 is 2.52 bits per heavy atom. The van der Waals surface area contributed by atoms with E-state index in [1.165, 1.54) is 28.6 Å². The number of rotatable bonds is 6. The molecule has 0 bridgehead atoms. The van der Waals surface area contributed by atoms with Gasteiger partial charge in [-0.3, -0.25) is 15.5 Å². The lowest BCUT2D eigenvalue weighted by Crippen LogP contribution is -2.40. The molecule has 31 heavy (non-hydrogen) atoms. The van der Waals surface area contributed by atoms with Crippen molar-refractivity contribution in [2.24, 2.45) is 5.10 Å². The molecular formula is C18H17F3N4O5S. The number of hydrazone groups is 1. The largest absolute Gasteiger partial charge is 0.416 e. The van der Waals surface area contributed by atoms with E-state index in [0.29, 0.717) is 0 Å². The van der Waals surface area contributed by atoms with Gasteiger partial charge < -0.3 is 4.74 Å². The third-order valence-electron chi connectivity index (χ3n) is 4.39. The lowest BCUT2D eigenvalue weighted by molar-refractivity contribution is -0.384. The molecule has 0 atom stereocenters. The van der Waals surface area contributed by atoms with Gasteiger partial charge in [0, 0.05) is 19.2 Å². The van der Waals surface area contributed by atoms with Crippen molar-refractivity contribution in [3.63, 3.8) is 0 Å². The van der Waals surface area contributed by atoms with Gasteiger partial charge in [-0.05, 0) is 29.8 Å². The van der Waals surface area contributed by atoms with Crippen LogP contribution in [0.1, 0.15) is 11.1 Å². The molecule has 1 fully saturated rings. The first-order valence-corrected chi connectivity index (χ1v) is 10.4. The third-order valence-corrected chi connectivity index (χ3v) is 6.28. The molecule has 13 heteroatoms. The summed E-state index contributed by atoms with van der Waals surface area (Å²) in [5.41, 5.74) is 0.976. The highest BCUT2D eigenvalue weighted by Crippen LogP contribution is 2.30. The smallest absolute Gasteiger partial charge is 0.379 e. The van der Waals surface area contributed by atoms with Crippen LogP contribution in [0, 0.1) is 10.1 Å². The van der Waals surface area contributed by atoms with Gasteiger partial charge in [0.05, 0.1) is 34.8 Å². The normalized spacial score (nSPS) is 15.8. The molecule has 9 nitrogen and oxygen atoms in total. The van der Waals surface area contributed by atoms with Crippen molar-refractivity contribution in [2.75, 3.05) is 31.7 Å². The van der Waals surface area contributed by atoms with Gasteiger partial charge in [0.1, 0.15) is 5.69 Å². The second-order valence-corrected chi connectivity index (χ2v) is 8.38. The van der Waals surface area contributed by atoms with Crippen LogP contribution in [-0.2, 0) is 20.9 Å². The number of hydrogen-bond acceptors (Lipinski definition) is 7. The zero-order valence-corrected chi connectivity index (χ0v) is 16.7. The fourth-order valence-electron chi connectivity index (χ4n) is 2.83. The lowest BCUT2D eigenvalue weighted by Gasteiger charge is -2.26. The van der Waals surface area contributed by atoms with E-state index >= 15 is 0 Å². The predicted molar refractivity (Wildman–Crippen MR) is 105 cm³/mol. The van der Waals surface area contributed by atoms with Gasteiger partial charge in [-0.2, -0.15) is 22.6 Å². The zero-order valence-electron chi connectivity index (χ0n) is 15.9. The topological polar surface area (TPSA) is 114 Å². The molecule has 0 radical (unpaired) electrons. The van der Waals surface area contributed by atoms with Crippen LogP contribution in [0.15, 0.2) is 52.5 Å². The Bertz CT molecular complexity index is 1100. The summed E-state index contributed by atoms with van der Waals surface area (Å²) in [6.45, 7) is 0.727. The zero-order chi connectivity index (χ0) is 22.6. The van der Waals surface area contributed by atoms with Crippen molar-refractivity contribution < 1.29 is 31.2 Å². The first-order valence-electron chi connectivity index (χ1n) is 8.92. The maximum Gasteiger partial charge on any atom is 0.416 e. The average Bonchev–Trinajstić information content (AvgIpc) is 2.74. The van der Waals surface area contributed by atoms with Crippen LogP contribution in [0.3, 0.4) is 0 Å². The minimum absolute atomic E-state index is 0.117. The van der Waals surface area contributed by atoms with Crippen LogP contribution in [0.5, 0.6) is 0 Å². The molecule has 1 aliphatic heterocycles. The fourth-order valence-corrected chi connectivity index (χ4v) is 4.25. The number of benzene rings is 2. The van der Waals surface area contributed by atoms with Crippen molar-refractivity contribution in [3.05, 3.63) is 63.7 Å². The summed E-state index contributed by atoms with van der Waals surface area (Å²) in [4.78, 5) is 10.4. The predicted octanol–water partition coefficient (Wildman–Crippen LogP) is 3.08. The summed E-state index contributed by atoms with van der Waals surface area (Å²) in [7, 11) is -3.94. The van der Waals surface area contributed by atoms with Crippen molar-refractivity contribution in [2.45, 2.75) is 11.1 Å². The molecular weight excluding hydrogens is 441 g/mol.